The Balaban J connectivity index is 3.75. The Morgan fingerprint density at radius 2 is 0.764 bits per heavy atom. The molecular formula is C62H114NO8P. The van der Waals surface area contributed by atoms with Crippen LogP contribution in [-0.4, -0.2) is 49.3 Å². The molecule has 0 aromatic rings. The molecule has 0 rings (SSSR count). The molecule has 0 saturated heterocycles. The van der Waals surface area contributed by atoms with Crippen LogP contribution < -0.4 is 5.73 Å². The van der Waals surface area contributed by atoms with E-state index in [9.17, 15) is 19.0 Å². The summed E-state index contributed by atoms with van der Waals surface area (Å²) in [6.45, 7) is 3.65. The molecule has 420 valence electrons. The lowest BCUT2D eigenvalue weighted by molar-refractivity contribution is -0.161. The molecule has 0 radical (unpaired) electrons. The van der Waals surface area contributed by atoms with E-state index in [1.54, 1.807) is 0 Å². The lowest BCUT2D eigenvalue weighted by Gasteiger charge is -2.19. The number of ether oxygens (including phenoxy) is 2. The molecule has 0 fully saturated rings. The Kier molecular flexibility index (Phi) is 56.1. The molecule has 0 aromatic heterocycles. The van der Waals surface area contributed by atoms with Crippen LogP contribution in [0.3, 0.4) is 0 Å². The molecule has 9 nitrogen and oxygen atoms in total. The number of rotatable bonds is 57. The number of carbonyl (C=O) groups is 2. The van der Waals surface area contributed by atoms with Gasteiger partial charge in [0.1, 0.15) is 6.61 Å². The molecule has 2 unspecified atom stereocenters. The number of nitrogens with two attached hydrogens (primary N) is 1. The van der Waals surface area contributed by atoms with Gasteiger partial charge in [-0.15, -0.1) is 0 Å². The maximum atomic E-state index is 12.7. The Labute approximate surface area is 444 Å². The van der Waals surface area contributed by atoms with Gasteiger partial charge in [0.15, 0.2) is 6.10 Å². The van der Waals surface area contributed by atoms with E-state index < -0.39 is 26.5 Å². The number of hydrogen-bond acceptors (Lipinski definition) is 8. The molecular weight excluding hydrogens is 918 g/mol. The van der Waals surface area contributed by atoms with Crippen molar-refractivity contribution in [3.05, 3.63) is 60.8 Å². The monoisotopic (exact) mass is 1030 g/mol. The van der Waals surface area contributed by atoms with Gasteiger partial charge in [-0.1, -0.05) is 280 Å². The number of phosphoric acid groups is 1. The van der Waals surface area contributed by atoms with E-state index in [1.165, 1.54) is 193 Å². The van der Waals surface area contributed by atoms with Gasteiger partial charge in [0.25, 0.3) is 0 Å². The number of esters is 2. The maximum Gasteiger partial charge on any atom is 0.472 e. The van der Waals surface area contributed by atoms with Crippen LogP contribution in [0.4, 0.5) is 0 Å². The molecule has 0 saturated carbocycles. The molecule has 0 aliphatic carbocycles. The topological polar surface area (TPSA) is 134 Å². The third-order valence-corrected chi connectivity index (χ3v) is 14.2. The van der Waals surface area contributed by atoms with E-state index in [0.717, 1.165) is 64.2 Å². The summed E-state index contributed by atoms with van der Waals surface area (Å²) >= 11 is 0. The highest BCUT2D eigenvalue weighted by molar-refractivity contribution is 7.47. The SMILES string of the molecule is CC/C=C\C/C=C\C/C=C\C/C=C\C/C=C\CCCCCCCCCCCCCCCCCCCCCCCCCC(=O)OC(COC(=O)CCCCCCCCCCCCCC)COP(=O)(O)OCCN. The van der Waals surface area contributed by atoms with Gasteiger partial charge < -0.3 is 20.1 Å². The highest BCUT2D eigenvalue weighted by Crippen LogP contribution is 2.43. The Morgan fingerprint density at radius 3 is 1.14 bits per heavy atom. The van der Waals surface area contributed by atoms with Gasteiger partial charge >= 0.3 is 19.8 Å². The zero-order valence-electron chi connectivity index (χ0n) is 46.9. The van der Waals surface area contributed by atoms with Crippen LogP contribution in [0.5, 0.6) is 0 Å². The minimum absolute atomic E-state index is 0.0554. The summed E-state index contributed by atoms with van der Waals surface area (Å²) in [6.07, 6.45) is 73.1. The first-order valence-corrected chi connectivity index (χ1v) is 31.8. The molecule has 0 amide bonds. The third kappa shape index (κ3) is 57.0. The molecule has 2 atom stereocenters. The number of phosphoric ester groups is 1. The molecule has 10 heteroatoms. The third-order valence-electron chi connectivity index (χ3n) is 13.2. The smallest absolute Gasteiger partial charge is 0.462 e. The molecule has 0 aliphatic heterocycles. The molecule has 0 spiro atoms. The molecule has 0 bridgehead atoms. The number of allylic oxidation sites excluding steroid dienone is 10. The standard InChI is InChI=1S/C62H114NO8P/c1-3-5-7-9-11-13-15-17-18-19-20-21-22-23-24-25-26-27-28-29-30-31-32-33-34-35-36-37-38-39-40-41-42-43-45-47-49-51-53-55-62(65)71-60(59-70-72(66,67)69-57-56-63)58-68-61(64)54-52-50-48-46-44-16-14-12-10-8-6-4-2/h5,7,11,13,17-18,20-21,23-24,60H,3-4,6,8-10,12,14-16,19,22,25-59,63H2,1-2H3,(H,66,67)/b7-5-,13-11-,18-17-,21-20-,24-23-. The van der Waals surface area contributed by atoms with Gasteiger partial charge in [0.05, 0.1) is 13.2 Å². The van der Waals surface area contributed by atoms with E-state index in [1.807, 2.05) is 0 Å². The van der Waals surface area contributed by atoms with Crippen molar-refractivity contribution in [2.75, 3.05) is 26.4 Å². The van der Waals surface area contributed by atoms with Crippen molar-refractivity contribution >= 4 is 19.8 Å². The van der Waals surface area contributed by atoms with Gasteiger partial charge in [-0.3, -0.25) is 18.6 Å². The highest BCUT2D eigenvalue weighted by atomic mass is 31.2. The van der Waals surface area contributed by atoms with Gasteiger partial charge in [0, 0.05) is 19.4 Å². The number of hydrogen-bond donors (Lipinski definition) is 2. The van der Waals surface area contributed by atoms with Crippen molar-refractivity contribution in [1.82, 2.24) is 0 Å². The molecule has 0 heterocycles. The molecule has 0 aromatic carbocycles. The lowest BCUT2D eigenvalue weighted by atomic mass is 10.0. The van der Waals surface area contributed by atoms with Crippen LogP contribution in [0.1, 0.15) is 290 Å². The Bertz CT molecular complexity index is 1360. The predicted molar refractivity (Wildman–Crippen MR) is 307 cm³/mol. The summed E-state index contributed by atoms with van der Waals surface area (Å²) in [5, 5.41) is 0. The first-order valence-electron chi connectivity index (χ1n) is 30.3. The second-order valence-electron chi connectivity index (χ2n) is 20.2. The number of unbranched alkanes of at least 4 members (excludes halogenated alkanes) is 34. The fourth-order valence-electron chi connectivity index (χ4n) is 8.72. The summed E-state index contributed by atoms with van der Waals surface area (Å²) in [5.41, 5.74) is 5.37. The van der Waals surface area contributed by atoms with Crippen LogP contribution >= 0.6 is 7.82 Å². The first kappa shape index (κ1) is 69.7. The van der Waals surface area contributed by atoms with Crippen LogP contribution in [0.25, 0.3) is 0 Å². The summed E-state index contributed by atoms with van der Waals surface area (Å²) in [4.78, 5) is 35.1. The fraction of sp³-hybridized carbons (Fsp3) is 0.806. The second kappa shape index (κ2) is 58.0. The zero-order chi connectivity index (χ0) is 52.4. The molecule has 0 aliphatic rings. The van der Waals surface area contributed by atoms with Crippen LogP contribution in [-0.2, 0) is 32.7 Å². The van der Waals surface area contributed by atoms with Gasteiger partial charge in [0.2, 0.25) is 0 Å². The summed E-state index contributed by atoms with van der Waals surface area (Å²) < 4.78 is 33.0. The van der Waals surface area contributed by atoms with E-state index in [2.05, 4.69) is 74.6 Å². The first-order chi connectivity index (χ1) is 35.3. The van der Waals surface area contributed by atoms with Crippen molar-refractivity contribution in [2.45, 2.75) is 296 Å². The van der Waals surface area contributed by atoms with Crippen LogP contribution in [0, 0.1) is 0 Å². The Morgan fingerprint density at radius 1 is 0.431 bits per heavy atom. The second-order valence-corrected chi connectivity index (χ2v) is 21.7. The van der Waals surface area contributed by atoms with Crippen molar-refractivity contribution in [1.29, 1.82) is 0 Å². The van der Waals surface area contributed by atoms with Crippen molar-refractivity contribution in [2.24, 2.45) is 5.73 Å². The zero-order valence-corrected chi connectivity index (χ0v) is 47.8. The van der Waals surface area contributed by atoms with Crippen molar-refractivity contribution in [3.63, 3.8) is 0 Å². The van der Waals surface area contributed by atoms with Crippen LogP contribution in [0.15, 0.2) is 60.8 Å². The van der Waals surface area contributed by atoms with Gasteiger partial charge in [-0.25, -0.2) is 4.57 Å². The van der Waals surface area contributed by atoms with Gasteiger partial charge in [-0.2, -0.15) is 0 Å². The van der Waals surface area contributed by atoms with E-state index in [4.69, 9.17) is 24.3 Å². The van der Waals surface area contributed by atoms with Gasteiger partial charge in [-0.05, 0) is 57.8 Å². The summed E-state index contributed by atoms with van der Waals surface area (Å²) in [7, 11) is -4.38. The fourth-order valence-corrected chi connectivity index (χ4v) is 9.49. The van der Waals surface area contributed by atoms with E-state index in [0.29, 0.717) is 6.42 Å². The molecule has 72 heavy (non-hydrogen) atoms. The number of carbonyl (C=O) groups excluding carboxylic acids is 2. The maximum absolute atomic E-state index is 12.7. The molecule has 3 N–H and O–H groups in total. The lowest BCUT2D eigenvalue weighted by Crippen LogP contribution is -2.29. The largest absolute Gasteiger partial charge is 0.472 e. The quantitative estimate of drug-likeness (QED) is 0.0264. The average molecular weight is 1030 g/mol. The van der Waals surface area contributed by atoms with Crippen LogP contribution in [0.2, 0.25) is 0 Å². The van der Waals surface area contributed by atoms with Crippen molar-refractivity contribution in [3.8, 4) is 0 Å². The minimum atomic E-state index is -4.38. The highest BCUT2D eigenvalue weighted by Gasteiger charge is 2.26. The van der Waals surface area contributed by atoms with E-state index in [-0.39, 0.29) is 38.6 Å². The normalized spacial score (nSPS) is 13.4. The van der Waals surface area contributed by atoms with Crippen molar-refractivity contribution < 1.29 is 37.6 Å². The van der Waals surface area contributed by atoms with E-state index >= 15 is 0 Å². The predicted octanol–water partition coefficient (Wildman–Crippen LogP) is 19.1. The Hall–Kier alpha value is -2.29. The summed E-state index contributed by atoms with van der Waals surface area (Å²) in [6, 6.07) is 0. The summed E-state index contributed by atoms with van der Waals surface area (Å²) in [5.74, 6) is -0.814. The average Bonchev–Trinajstić information content (AvgIpc) is 3.37. The minimum Gasteiger partial charge on any atom is -0.462 e.